The van der Waals surface area contributed by atoms with Crippen LogP contribution in [0.3, 0.4) is 0 Å². The van der Waals surface area contributed by atoms with Gasteiger partial charge in [0.15, 0.2) is 0 Å². The minimum Gasteiger partial charge on any atom is -0.330 e. The van der Waals surface area contributed by atoms with Gasteiger partial charge >= 0.3 is 0 Å². The Morgan fingerprint density at radius 1 is 1.31 bits per heavy atom. The van der Waals surface area contributed by atoms with Gasteiger partial charge in [-0.3, -0.25) is 0 Å². The maximum absolute atomic E-state index is 5.71. The zero-order chi connectivity index (χ0) is 12.0. The van der Waals surface area contributed by atoms with E-state index in [0.29, 0.717) is 5.41 Å². The Hall–Kier alpha value is -0.470. The summed E-state index contributed by atoms with van der Waals surface area (Å²) in [6.07, 6.45) is 1.19. The molecule has 0 aliphatic rings. The molecule has 0 bridgehead atoms. The van der Waals surface area contributed by atoms with Crippen molar-refractivity contribution in [2.75, 3.05) is 12.3 Å². The van der Waals surface area contributed by atoms with Crippen molar-refractivity contribution in [3.05, 3.63) is 35.4 Å². The number of rotatable bonds is 6. The van der Waals surface area contributed by atoms with Crippen molar-refractivity contribution < 1.29 is 0 Å². The molecule has 0 aliphatic carbocycles. The molecule has 0 saturated carbocycles. The average Bonchev–Trinajstić information content (AvgIpc) is 2.25. The van der Waals surface area contributed by atoms with Gasteiger partial charge in [-0.05, 0) is 36.6 Å². The molecule has 0 saturated heterocycles. The lowest BCUT2D eigenvalue weighted by molar-refractivity contribution is 0.368. The third kappa shape index (κ3) is 5.04. The van der Waals surface area contributed by atoms with Crippen LogP contribution in [-0.2, 0) is 5.75 Å². The maximum Gasteiger partial charge on any atom is 0.0184 e. The first-order chi connectivity index (χ1) is 7.53. The van der Waals surface area contributed by atoms with Gasteiger partial charge in [0.1, 0.15) is 0 Å². The summed E-state index contributed by atoms with van der Waals surface area (Å²) < 4.78 is 0. The Morgan fingerprint density at radius 2 is 2.06 bits per heavy atom. The predicted molar refractivity (Wildman–Crippen MR) is 74.8 cm³/mol. The van der Waals surface area contributed by atoms with Crippen molar-refractivity contribution >= 4 is 11.8 Å². The lowest BCUT2D eigenvalue weighted by Gasteiger charge is -2.21. The first-order valence-electron chi connectivity index (χ1n) is 5.87. The highest BCUT2D eigenvalue weighted by atomic mass is 32.2. The Morgan fingerprint density at radius 3 is 2.69 bits per heavy atom. The largest absolute Gasteiger partial charge is 0.330 e. The van der Waals surface area contributed by atoms with Gasteiger partial charge in [-0.25, -0.2) is 0 Å². The van der Waals surface area contributed by atoms with Crippen LogP contribution in [-0.4, -0.2) is 12.3 Å². The maximum atomic E-state index is 5.71. The molecule has 0 amide bonds. The van der Waals surface area contributed by atoms with Crippen molar-refractivity contribution in [1.29, 1.82) is 0 Å². The van der Waals surface area contributed by atoms with Crippen molar-refractivity contribution in [1.82, 2.24) is 0 Å². The fourth-order valence-corrected chi connectivity index (χ4v) is 2.70. The van der Waals surface area contributed by atoms with E-state index < -0.39 is 0 Å². The van der Waals surface area contributed by atoms with Gasteiger partial charge in [0.25, 0.3) is 0 Å². The average molecular weight is 237 g/mol. The van der Waals surface area contributed by atoms with Crippen molar-refractivity contribution in [2.45, 2.75) is 32.9 Å². The Balaban J connectivity index is 2.26. The van der Waals surface area contributed by atoms with Crippen molar-refractivity contribution in [3.63, 3.8) is 0 Å². The molecule has 1 rings (SSSR count). The molecule has 0 fully saturated rings. The van der Waals surface area contributed by atoms with Gasteiger partial charge < -0.3 is 5.73 Å². The molecule has 0 radical (unpaired) electrons. The zero-order valence-corrected chi connectivity index (χ0v) is 11.4. The van der Waals surface area contributed by atoms with E-state index in [1.54, 1.807) is 0 Å². The second-order valence-corrected chi connectivity index (χ2v) is 6.27. The van der Waals surface area contributed by atoms with E-state index in [-0.39, 0.29) is 0 Å². The number of nitrogens with two attached hydrogens (primary N) is 1. The molecule has 0 aliphatic heterocycles. The first-order valence-corrected chi connectivity index (χ1v) is 7.02. The highest BCUT2D eigenvalue weighted by Gasteiger charge is 2.14. The van der Waals surface area contributed by atoms with Gasteiger partial charge in [0.2, 0.25) is 0 Å². The molecule has 0 atom stereocenters. The van der Waals surface area contributed by atoms with E-state index in [9.17, 15) is 0 Å². The van der Waals surface area contributed by atoms with Crippen LogP contribution >= 0.6 is 11.8 Å². The zero-order valence-electron chi connectivity index (χ0n) is 10.6. The topological polar surface area (TPSA) is 26.0 Å². The van der Waals surface area contributed by atoms with Gasteiger partial charge in [0.05, 0.1) is 0 Å². The van der Waals surface area contributed by atoms with Crippen LogP contribution in [0.25, 0.3) is 0 Å². The predicted octanol–water partition coefficient (Wildman–Crippen LogP) is 3.60. The smallest absolute Gasteiger partial charge is 0.0184 e. The molecule has 0 spiro atoms. The fraction of sp³-hybridized carbons (Fsp3) is 0.571. The van der Waals surface area contributed by atoms with E-state index in [4.69, 9.17) is 5.73 Å². The molecule has 16 heavy (non-hydrogen) atoms. The Labute approximate surface area is 104 Å². The molecule has 1 nitrogen and oxygen atoms in total. The molecule has 2 N–H and O–H groups in total. The van der Waals surface area contributed by atoms with Crippen LogP contribution in [0.2, 0.25) is 0 Å². The van der Waals surface area contributed by atoms with Crippen molar-refractivity contribution in [2.24, 2.45) is 11.1 Å². The molecule has 90 valence electrons. The van der Waals surface area contributed by atoms with E-state index in [1.165, 1.54) is 23.3 Å². The first kappa shape index (κ1) is 13.6. The highest BCUT2D eigenvalue weighted by molar-refractivity contribution is 7.98. The van der Waals surface area contributed by atoms with Gasteiger partial charge in [-0.2, -0.15) is 11.8 Å². The quantitative estimate of drug-likeness (QED) is 0.765. The molecule has 2 heteroatoms. The second kappa shape index (κ2) is 6.31. The molecule has 0 heterocycles. The van der Waals surface area contributed by atoms with Gasteiger partial charge in [-0.15, -0.1) is 0 Å². The summed E-state index contributed by atoms with van der Waals surface area (Å²) in [4.78, 5) is 0. The number of thioether (sulfide) groups is 1. The molecular weight excluding hydrogens is 214 g/mol. The molecule has 1 aromatic rings. The summed E-state index contributed by atoms with van der Waals surface area (Å²) >= 11 is 2.00. The third-order valence-electron chi connectivity index (χ3n) is 2.83. The number of benzene rings is 1. The van der Waals surface area contributed by atoms with Crippen LogP contribution < -0.4 is 5.73 Å². The van der Waals surface area contributed by atoms with E-state index >= 15 is 0 Å². The summed E-state index contributed by atoms with van der Waals surface area (Å²) in [6.45, 7) is 7.39. The molecule has 1 aromatic carbocycles. The molecular formula is C14H23NS. The highest BCUT2D eigenvalue weighted by Crippen LogP contribution is 2.23. The molecule has 0 unspecified atom stereocenters. The number of aryl methyl sites for hydroxylation is 1. The summed E-state index contributed by atoms with van der Waals surface area (Å²) in [5.41, 5.74) is 8.78. The lowest BCUT2D eigenvalue weighted by atomic mass is 9.91. The minimum atomic E-state index is 0.291. The monoisotopic (exact) mass is 237 g/mol. The van der Waals surface area contributed by atoms with Crippen LogP contribution in [0.15, 0.2) is 24.3 Å². The summed E-state index contributed by atoms with van der Waals surface area (Å²) in [6, 6.07) is 8.75. The summed E-state index contributed by atoms with van der Waals surface area (Å²) in [5, 5.41) is 0. The van der Waals surface area contributed by atoms with Crippen LogP contribution in [0.1, 0.15) is 31.4 Å². The standard InChI is InChI=1S/C14H23NS/c1-12-5-4-6-13(9-12)10-16-8-7-14(2,3)11-15/h4-6,9H,7-8,10-11,15H2,1-3H3. The van der Waals surface area contributed by atoms with Gasteiger partial charge in [0, 0.05) is 5.75 Å². The fourth-order valence-electron chi connectivity index (χ4n) is 1.44. The summed E-state index contributed by atoms with van der Waals surface area (Å²) in [5.74, 6) is 2.31. The second-order valence-electron chi connectivity index (χ2n) is 5.16. The summed E-state index contributed by atoms with van der Waals surface area (Å²) in [7, 11) is 0. The van der Waals surface area contributed by atoms with Crippen LogP contribution in [0.4, 0.5) is 0 Å². The van der Waals surface area contributed by atoms with E-state index in [0.717, 1.165) is 12.3 Å². The Bertz CT molecular complexity index is 320. The normalized spacial score (nSPS) is 11.8. The number of hydrogen-bond donors (Lipinski definition) is 1. The van der Waals surface area contributed by atoms with Crippen molar-refractivity contribution in [3.8, 4) is 0 Å². The third-order valence-corrected chi connectivity index (χ3v) is 3.86. The SMILES string of the molecule is Cc1cccc(CSCCC(C)(C)CN)c1. The van der Waals surface area contributed by atoms with E-state index in [1.807, 2.05) is 11.8 Å². The molecule has 0 aromatic heterocycles. The number of hydrogen-bond acceptors (Lipinski definition) is 2. The van der Waals surface area contributed by atoms with Crippen LogP contribution in [0.5, 0.6) is 0 Å². The lowest BCUT2D eigenvalue weighted by Crippen LogP contribution is -2.24. The Kier molecular flexibility index (Phi) is 5.36. The van der Waals surface area contributed by atoms with Gasteiger partial charge in [-0.1, -0.05) is 43.7 Å². The van der Waals surface area contributed by atoms with Crippen LogP contribution in [0, 0.1) is 12.3 Å². The van der Waals surface area contributed by atoms with E-state index in [2.05, 4.69) is 45.0 Å². The minimum absolute atomic E-state index is 0.291.